The summed E-state index contributed by atoms with van der Waals surface area (Å²) in [6.07, 6.45) is 4.35. The van der Waals surface area contributed by atoms with E-state index in [4.69, 9.17) is 32.2 Å². The number of allylic oxidation sites excluding steroid dienone is 1. The third-order valence-corrected chi connectivity index (χ3v) is 20.9. The molecule has 57 heavy (non-hydrogen) atoms. The van der Waals surface area contributed by atoms with Crippen LogP contribution in [-0.4, -0.2) is 50.4 Å². The highest BCUT2D eigenvalue weighted by atomic mass is 28.4. The predicted octanol–water partition coefficient (Wildman–Crippen LogP) is 12.0. The Kier molecular flexibility index (Phi) is 15.6. The van der Waals surface area contributed by atoms with Gasteiger partial charge in [0.15, 0.2) is 18.3 Å². The molecule has 4 rings (SSSR count). The van der Waals surface area contributed by atoms with Crippen LogP contribution in [0.25, 0.3) is 11.0 Å². The lowest BCUT2D eigenvalue weighted by Gasteiger charge is -2.43. The maximum atomic E-state index is 7.23. The molecule has 0 fully saturated rings. The molecule has 3 aromatic carbocycles. The van der Waals surface area contributed by atoms with Crippen molar-refractivity contribution in [3.05, 3.63) is 108 Å². The lowest BCUT2D eigenvalue weighted by atomic mass is 9.94. The Morgan fingerprint density at radius 2 is 1.47 bits per heavy atom. The quantitative estimate of drug-likeness (QED) is 0.0289. The largest absolute Gasteiger partial charge is 0.519 e. The fraction of sp³-hybridized carbons (Fsp3) is 0.500. The summed E-state index contributed by atoms with van der Waals surface area (Å²) in [4.78, 5) is 0. The first kappa shape index (κ1) is 45.9. The van der Waals surface area contributed by atoms with Gasteiger partial charge in [-0.1, -0.05) is 123 Å². The highest BCUT2D eigenvalue weighted by Crippen LogP contribution is 2.42. The van der Waals surface area contributed by atoms with Crippen molar-refractivity contribution in [1.29, 1.82) is 0 Å². The van der Waals surface area contributed by atoms with E-state index in [1.807, 2.05) is 13.0 Å². The first-order valence-electron chi connectivity index (χ1n) is 20.5. The number of benzene rings is 3. The summed E-state index contributed by atoms with van der Waals surface area (Å²) in [5.41, 5.74) is 2.64. The van der Waals surface area contributed by atoms with Gasteiger partial charge in [0.2, 0.25) is 0 Å². The van der Waals surface area contributed by atoms with Crippen LogP contribution in [0.1, 0.15) is 98.8 Å². The Morgan fingerprint density at radius 3 is 1.98 bits per heavy atom. The molecular weight excluding hydrogens is 745 g/mol. The van der Waals surface area contributed by atoms with E-state index in [2.05, 4.69) is 155 Å². The van der Waals surface area contributed by atoms with Crippen LogP contribution in [0.2, 0.25) is 23.2 Å². The number of methoxy groups -OCH3 is 2. The number of hydrogen-bond donors (Lipinski definition) is 0. The fourth-order valence-corrected chi connectivity index (χ4v) is 12.9. The van der Waals surface area contributed by atoms with Crippen molar-refractivity contribution >= 4 is 38.0 Å². The lowest BCUT2D eigenvalue weighted by Crippen LogP contribution is -2.66. The van der Waals surface area contributed by atoms with Crippen molar-refractivity contribution < 1.29 is 32.2 Å². The molecule has 1 heterocycles. The Bertz CT molecular complexity index is 1880. The second kappa shape index (κ2) is 19.3. The van der Waals surface area contributed by atoms with E-state index < -0.39 is 16.6 Å². The minimum Gasteiger partial charge on any atom is -0.519 e. The van der Waals surface area contributed by atoms with Crippen LogP contribution in [-0.2, 0) is 18.3 Å². The molecule has 4 aromatic rings. The lowest BCUT2D eigenvalue weighted by molar-refractivity contribution is 0.0241. The van der Waals surface area contributed by atoms with Gasteiger partial charge in [0.25, 0.3) is 22.6 Å². The summed E-state index contributed by atoms with van der Waals surface area (Å²) < 4.78 is 44.2. The van der Waals surface area contributed by atoms with Gasteiger partial charge in [0.1, 0.15) is 17.4 Å². The average molecular weight is 815 g/mol. The van der Waals surface area contributed by atoms with Gasteiger partial charge in [-0.25, -0.2) is 0 Å². The van der Waals surface area contributed by atoms with Gasteiger partial charge in [0.05, 0.1) is 7.11 Å². The molecule has 9 heteroatoms. The number of hydrogen-bond acceptors (Lipinski definition) is 7. The molecular formula is C48H70O7Si2. The summed E-state index contributed by atoms with van der Waals surface area (Å²) >= 11 is 0. The number of rotatable bonds is 20. The third-order valence-electron chi connectivity index (χ3n) is 11.6. The molecule has 312 valence electrons. The van der Waals surface area contributed by atoms with Crippen LogP contribution in [0.3, 0.4) is 0 Å². The minimum atomic E-state index is -2.62. The molecule has 0 aliphatic carbocycles. The number of ether oxygens (including phenoxy) is 4. The van der Waals surface area contributed by atoms with Gasteiger partial charge in [0, 0.05) is 30.6 Å². The van der Waals surface area contributed by atoms with E-state index in [9.17, 15) is 0 Å². The van der Waals surface area contributed by atoms with Gasteiger partial charge < -0.3 is 32.2 Å². The van der Waals surface area contributed by atoms with Gasteiger partial charge in [-0.15, -0.1) is 0 Å². The van der Waals surface area contributed by atoms with Crippen LogP contribution < -0.4 is 19.8 Å². The van der Waals surface area contributed by atoms with Gasteiger partial charge in [-0.2, -0.15) is 0 Å². The first-order valence-corrected chi connectivity index (χ1v) is 25.3. The Labute approximate surface area is 346 Å². The SMILES string of the molecule is C=C(C)[C@@H](O/C(=C/C[C@H](C)c1cc2cc(OCOC)c(OC)c(C)c2o1)O[Si](C)(C)C(C)(C)C)[C@@H](C)CCCO[Si](c1ccccc1)(c1ccccc1)C(C)(C)C. The number of fused-ring (bicyclic) bond motifs is 1. The van der Waals surface area contributed by atoms with Crippen molar-refractivity contribution in [3.8, 4) is 11.5 Å². The van der Waals surface area contributed by atoms with Crippen molar-refractivity contribution in [2.75, 3.05) is 27.6 Å². The van der Waals surface area contributed by atoms with E-state index >= 15 is 0 Å². The van der Waals surface area contributed by atoms with Gasteiger partial charge in [-0.05, 0) is 96.4 Å². The van der Waals surface area contributed by atoms with E-state index in [-0.39, 0.29) is 34.8 Å². The zero-order valence-electron chi connectivity index (χ0n) is 37.3. The monoisotopic (exact) mass is 814 g/mol. The standard InChI is InChI=1S/C48H70O7Si2/c1-34(2)44(36(4)23-22-30-52-57(48(9,10)11,39-24-18-16-19-25-39)40-26-20-17-21-27-40)54-43(55-56(14,15)47(6,7)8)29-28-35(3)41-31-38-32-42(51-33-49-12)46(50-13)37(5)45(38)53-41/h16-21,24-27,29,31-32,35-36,44H,1,22-23,28,30,33H2,2-15H3/b43-29-/t35-,36-,44+/m0/s1. The second-order valence-electron chi connectivity index (χ2n) is 18.2. The molecule has 0 aliphatic rings. The number of furan rings is 1. The van der Waals surface area contributed by atoms with Crippen molar-refractivity contribution in [1.82, 2.24) is 0 Å². The van der Waals surface area contributed by atoms with Crippen LogP contribution >= 0.6 is 0 Å². The molecule has 0 saturated heterocycles. The van der Waals surface area contributed by atoms with E-state index in [0.29, 0.717) is 30.5 Å². The average Bonchev–Trinajstić information content (AvgIpc) is 3.59. The smallest absolute Gasteiger partial charge is 0.261 e. The normalized spacial score (nSPS) is 14.6. The Hall–Kier alpha value is -3.77. The van der Waals surface area contributed by atoms with Crippen LogP contribution in [0, 0.1) is 12.8 Å². The van der Waals surface area contributed by atoms with Crippen molar-refractivity contribution in [3.63, 3.8) is 0 Å². The maximum absolute atomic E-state index is 7.23. The molecule has 0 bridgehead atoms. The molecule has 0 radical (unpaired) electrons. The summed E-state index contributed by atoms with van der Waals surface area (Å²) in [6, 6.07) is 25.7. The van der Waals surface area contributed by atoms with E-state index in [0.717, 1.165) is 40.7 Å². The summed E-state index contributed by atoms with van der Waals surface area (Å²) in [6.45, 7) is 31.9. The van der Waals surface area contributed by atoms with Gasteiger partial charge in [-0.3, -0.25) is 0 Å². The molecule has 0 amide bonds. The van der Waals surface area contributed by atoms with E-state index in [1.54, 1.807) is 14.2 Å². The third kappa shape index (κ3) is 10.8. The molecule has 0 unspecified atom stereocenters. The van der Waals surface area contributed by atoms with Crippen LogP contribution in [0.5, 0.6) is 11.5 Å². The molecule has 7 nitrogen and oxygen atoms in total. The van der Waals surface area contributed by atoms with Crippen LogP contribution in [0.4, 0.5) is 0 Å². The molecule has 0 spiro atoms. The zero-order valence-corrected chi connectivity index (χ0v) is 39.3. The molecule has 0 N–H and O–H groups in total. The minimum absolute atomic E-state index is 0.0123. The second-order valence-corrected chi connectivity index (χ2v) is 27.2. The highest BCUT2D eigenvalue weighted by Gasteiger charge is 2.50. The summed E-state index contributed by atoms with van der Waals surface area (Å²) in [5.74, 6) is 2.93. The van der Waals surface area contributed by atoms with Crippen LogP contribution in [0.15, 0.2) is 101 Å². The zero-order chi connectivity index (χ0) is 42.2. The molecule has 3 atom stereocenters. The van der Waals surface area contributed by atoms with Crippen molar-refractivity contribution in [2.24, 2.45) is 5.92 Å². The Balaban J connectivity index is 1.56. The summed E-state index contributed by atoms with van der Waals surface area (Å²) in [5, 5.41) is 3.46. The molecule has 0 aliphatic heterocycles. The topological polar surface area (TPSA) is 68.5 Å². The van der Waals surface area contributed by atoms with E-state index in [1.165, 1.54) is 10.4 Å². The Morgan fingerprint density at radius 1 is 0.877 bits per heavy atom. The maximum Gasteiger partial charge on any atom is 0.261 e. The fourth-order valence-electron chi connectivity index (χ4n) is 7.32. The first-order chi connectivity index (χ1) is 26.8. The highest BCUT2D eigenvalue weighted by molar-refractivity contribution is 6.99. The predicted molar refractivity (Wildman–Crippen MR) is 241 cm³/mol. The number of aryl methyl sites for hydroxylation is 1. The molecule has 1 aromatic heterocycles. The summed E-state index contributed by atoms with van der Waals surface area (Å²) in [7, 11) is -1.63. The molecule has 0 saturated carbocycles. The van der Waals surface area contributed by atoms with Crippen molar-refractivity contribution in [2.45, 2.75) is 124 Å². The van der Waals surface area contributed by atoms with Gasteiger partial charge >= 0.3 is 0 Å².